The van der Waals surface area contributed by atoms with Crippen LogP contribution in [-0.2, 0) is 17.5 Å². The van der Waals surface area contributed by atoms with Gasteiger partial charge in [0.15, 0.2) is 0 Å². The molecule has 1 aromatic heterocycles. The Balaban J connectivity index is 1.89. The summed E-state index contributed by atoms with van der Waals surface area (Å²) in [6.07, 6.45) is -4.62. The summed E-state index contributed by atoms with van der Waals surface area (Å²) < 4.78 is 45.9. The quantitative estimate of drug-likeness (QED) is 0.615. The van der Waals surface area contributed by atoms with Crippen molar-refractivity contribution in [1.82, 2.24) is 14.9 Å². The zero-order chi connectivity index (χ0) is 22.6. The number of nitrogens with zero attached hydrogens (tertiary/aromatic N) is 2. The highest BCUT2D eigenvalue weighted by molar-refractivity contribution is 5.90. The van der Waals surface area contributed by atoms with E-state index in [1.54, 1.807) is 31.2 Å². The second kappa shape index (κ2) is 9.17. The smallest absolute Gasteiger partial charge is 0.383 e. The summed E-state index contributed by atoms with van der Waals surface area (Å²) in [5.41, 5.74) is -1.18. The number of carbonyl (C=O) groups is 1. The van der Waals surface area contributed by atoms with Crippen molar-refractivity contribution in [3.05, 3.63) is 70.3 Å². The van der Waals surface area contributed by atoms with E-state index < -0.39 is 23.8 Å². The number of anilines is 1. The lowest BCUT2D eigenvalue weighted by molar-refractivity contribution is -0.136. The molecule has 7 nitrogen and oxygen atoms in total. The van der Waals surface area contributed by atoms with E-state index in [9.17, 15) is 22.8 Å². The molecule has 0 bridgehead atoms. The molecule has 2 aromatic carbocycles. The van der Waals surface area contributed by atoms with Crippen molar-refractivity contribution < 1.29 is 22.7 Å². The zero-order valence-corrected chi connectivity index (χ0v) is 16.9. The second-order valence-corrected chi connectivity index (χ2v) is 6.80. The van der Waals surface area contributed by atoms with Crippen LogP contribution < -0.4 is 16.2 Å². The van der Waals surface area contributed by atoms with E-state index in [0.717, 1.165) is 12.1 Å². The number of urea groups is 1. The van der Waals surface area contributed by atoms with Gasteiger partial charge in [-0.15, -0.1) is 0 Å². The predicted octanol–water partition coefficient (Wildman–Crippen LogP) is 3.94. The van der Waals surface area contributed by atoms with Crippen molar-refractivity contribution in [2.75, 3.05) is 19.0 Å². The minimum absolute atomic E-state index is 0.201. The van der Waals surface area contributed by atoms with Gasteiger partial charge in [0.2, 0.25) is 0 Å². The average Bonchev–Trinajstić information content (AvgIpc) is 2.72. The fourth-order valence-electron chi connectivity index (χ4n) is 3.17. The van der Waals surface area contributed by atoms with Gasteiger partial charge in [-0.3, -0.25) is 9.36 Å². The van der Waals surface area contributed by atoms with E-state index in [4.69, 9.17) is 4.74 Å². The lowest BCUT2D eigenvalue weighted by Gasteiger charge is -2.20. The SMILES string of the molecule is COCCn1c(C(C)NC(=O)Nc2ccccc2C(F)(F)F)nc2ccccc2c1=O. The first-order valence-corrected chi connectivity index (χ1v) is 9.44. The van der Waals surface area contributed by atoms with Crippen molar-refractivity contribution in [3.63, 3.8) is 0 Å². The number of fused-ring (bicyclic) bond motifs is 1. The summed E-state index contributed by atoms with van der Waals surface area (Å²) in [5.74, 6) is 0.264. The third-order valence-electron chi connectivity index (χ3n) is 4.63. The third-order valence-corrected chi connectivity index (χ3v) is 4.63. The number of hydrogen-bond donors (Lipinski definition) is 2. The Morgan fingerprint density at radius 2 is 1.84 bits per heavy atom. The van der Waals surface area contributed by atoms with Crippen molar-refractivity contribution in [2.45, 2.75) is 25.7 Å². The first-order valence-electron chi connectivity index (χ1n) is 9.44. The van der Waals surface area contributed by atoms with Crippen LogP contribution in [-0.4, -0.2) is 29.3 Å². The Kier molecular flexibility index (Phi) is 6.59. The van der Waals surface area contributed by atoms with E-state index in [2.05, 4.69) is 15.6 Å². The lowest BCUT2D eigenvalue weighted by atomic mass is 10.1. The van der Waals surface area contributed by atoms with Crippen LogP contribution in [0.25, 0.3) is 10.9 Å². The Bertz CT molecular complexity index is 1140. The summed E-state index contributed by atoms with van der Waals surface area (Å²) in [7, 11) is 1.49. The van der Waals surface area contributed by atoms with E-state index >= 15 is 0 Å². The van der Waals surface area contributed by atoms with Crippen molar-refractivity contribution in [1.29, 1.82) is 0 Å². The summed E-state index contributed by atoms with van der Waals surface area (Å²) in [6.45, 7) is 2.03. The molecular formula is C21H21F3N4O3. The zero-order valence-electron chi connectivity index (χ0n) is 16.9. The maximum atomic E-state index is 13.2. The minimum Gasteiger partial charge on any atom is -0.383 e. The molecule has 1 heterocycles. The number of methoxy groups -OCH3 is 1. The minimum atomic E-state index is -4.62. The van der Waals surface area contributed by atoms with Crippen LogP contribution in [0.15, 0.2) is 53.3 Å². The molecule has 0 aliphatic heterocycles. The van der Waals surface area contributed by atoms with Crippen molar-refractivity contribution in [2.24, 2.45) is 0 Å². The maximum Gasteiger partial charge on any atom is 0.418 e. The second-order valence-electron chi connectivity index (χ2n) is 6.80. The average molecular weight is 434 g/mol. The van der Waals surface area contributed by atoms with Gasteiger partial charge in [-0.2, -0.15) is 13.2 Å². The maximum absolute atomic E-state index is 13.2. The number of benzene rings is 2. The van der Waals surface area contributed by atoms with E-state index in [0.29, 0.717) is 10.9 Å². The molecule has 31 heavy (non-hydrogen) atoms. The van der Waals surface area contributed by atoms with Gasteiger partial charge in [-0.05, 0) is 31.2 Å². The first-order chi connectivity index (χ1) is 14.7. The van der Waals surface area contributed by atoms with Crippen LogP contribution in [0.5, 0.6) is 0 Å². The number of aromatic nitrogens is 2. The third kappa shape index (κ3) is 5.02. The molecular weight excluding hydrogens is 413 g/mol. The summed E-state index contributed by atoms with van der Waals surface area (Å²) in [5, 5.41) is 5.19. The number of hydrogen-bond acceptors (Lipinski definition) is 4. The van der Waals surface area contributed by atoms with Gasteiger partial charge >= 0.3 is 12.2 Å². The number of amides is 2. The molecule has 0 aliphatic carbocycles. The highest BCUT2D eigenvalue weighted by Crippen LogP contribution is 2.34. The highest BCUT2D eigenvalue weighted by Gasteiger charge is 2.33. The van der Waals surface area contributed by atoms with Gasteiger partial charge in [-0.1, -0.05) is 24.3 Å². The topological polar surface area (TPSA) is 85.2 Å². The molecule has 10 heteroatoms. The summed E-state index contributed by atoms with van der Waals surface area (Å²) in [4.78, 5) is 29.8. The number of alkyl halides is 3. The molecule has 1 unspecified atom stereocenters. The number of carbonyl (C=O) groups excluding carboxylic acids is 1. The molecule has 0 radical (unpaired) electrons. The Hall–Kier alpha value is -3.40. The van der Waals surface area contributed by atoms with E-state index in [1.165, 1.54) is 23.8 Å². The molecule has 0 aliphatic rings. The lowest BCUT2D eigenvalue weighted by Crippen LogP contribution is -2.36. The van der Waals surface area contributed by atoms with Gasteiger partial charge < -0.3 is 15.4 Å². The molecule has 0 spiro atoms. The Labute approximate surface area is 175 Å². The predicted molar refractivity (Wildman–Crippen MR) is 110 cm³/mol. The van der Waals surface area contributed by atoms with E-state index in [-0.39, 0.29) is 30.2 Å². The van der Waals surface area contributed by atoms with Crippen LogP contribution >= 0.6 is 0 Å². The van der Waals surface area contributed by atoms with Crippen molar-refractivity contribution in [3.8, 4) is 0 Å². The van der Waals surface area contributed by atoms with E-state index in [1.807, 2.05) is 0 Å². The molecule has 164 valence electrons. The van der Waals surface area contributed by atoms with Crippen LogP contribution in [0.2, 0.25) is 0 Å². The largest absolute Gasteiger partial charge is 0.418 e. The fraction of sp³-hybridized carbons (Fsp3) is 0.286. The first kappa shape index (κ1) is 22.3. The van der Waals surface area contributed by atoms with Crippen molar-refractivity contribution >= 4 is 22.6 Å². The van der Waals surface area contributed by atoms with Gasteiger partial charge in [0, 0.05) is 7.11 Å². The number of nitrogens with one attached hydrogen (secondary N) is 2. The van der Waals surface area contributed by atoms with Gasteiger partial charge in [0.1, 0.15) is 5.82 Å². The highest BCUT2D eigenvalue weighted by atomic mass is 19.4. The van der Waals surface area contributed by atoms with Gasteiger partial charge in [0.25, 0.3) is 5.56 Å². The molecule has 0 saturated heterocycles. The number of para-hydroxylation sites is 2. The Morgan fingerprint density at radius 1 is 1.16 bits per heavy atom. The standard InChI is InChI=1S/C21H21F3N4O3/c1-13(25-20(30)27-17-10-6-4-8-15(17)21(22,23)24)18-26-16-9-5-3-7-14(16)19(29)28(18)11-12-31-2/h3-10,13H,11-12H2,1-2H3,(H2,25,27,30). The number of halogens is 3. The summed E-state index contributed by atoms with van der Waals surface area (Å²) >= 11 is 0. The van der Waals surface area contributed by atoms with Crippen LogP contribution in [0.1, 0.15) is 24.4 Å². The monoisotopic (exact) mass is 434 g/mol. The Morgan fingerprint density at radius 3 is 2.55 bits per heavy atom. The van der Waals surface area contributed by atoms with Crippen LogP contribution in [0.3, 0.4) is 0 Å². The van der Waals surface area contributed by atoms with Gasteiger partial charge in [-0.25, -0.2) is 9.78 Å². The summed E-state index contributed by atoms with van der Waals surface area (Å²) in [6, 6.07) is 9.82. The molecule has 1 atom stereocenters. The van der Waals surface area contributed by atoms with Crippen LogP contribution in [0, 0.1) is 0 Å². The molecule has 3 rings (SSSR count). The fourth-order valence-corrected chi connectivity index (χ4v) is 3.17. The molecule has 0 fully saturated rings. The normalized spacial score (nSPS) is 12.5. The molecule has 3 aromatic rings. The number of ether oxygens (including phenoxy) is 1. The molecule has 0 saturated carbocycles. The number of rotatable bonds is 6. The van der Waals surface area contributed by atoms with Gasteiger partial charge in [0.05, 0.1) is 41.3 Å². The van der Waals surface area contributed by atoms with Crippen LogP contribution in [0.4, 0.5) is 23.7 Å². The molecule has 2 N–H and O–H groups in total. The molecule has 2 amide bonds.